The third kappa shape index (κ3) is 3.55. The van der Waals surface area contributed by atoms with Gasteiger partial charge < -0.3 is 10.2 Å². The lowest BCUT2D eigenvalue weighted by Crippen LogP contribution is -2.20. The zero-order valence-electron chi connectivity index (χ0n) is 9.72. The van der Waals surface area contributed by atoms with Crippen molar-refractivity contribution in [1.82, 2.24) is 4.90 Å². The van der Waals surface area contributed by atoms with E-state index >= 15 is 0 Å². The molecule has 1 aromatic heterocycles. The lowest BCUT2D eigenvalue weighted by atomic mass is 10.1. The minimum atomic E-state index is -0.0878. The molecule has 4 heteroatoms. The number of thiophene rings is 1. The lowest BCUT2D eigenvalue weighted by Gasteiger charge is -2.13. The molecule has 17 heavy (non-hydrogen) atoms. The summed E-state index contributed by atoms with van der Waals surface area (Å²) in [5.41, 5.74) is 0.983. The van der Waals surface area contributed by atoms with Gasteiger partial charge in [0.2, 0.25) is 0 Å². The zero-order valence-corrected chi connectivity index (χ0v) is 10.5. The predicted octanol–water partition coefficient (Wildman–Crippen LogP) is 0.906. The Hall–Kier alpha value is -0.860. The highest BCUT2D eigenvalue weighted by Crippen LogP contribution is 2.21. The lowest BCUT2D eigenvalue weighted by molar-refractivity contribution is 0.220. The SMILES string of the molecule is OCC#Cc1csc(CN2CCC(CO)C2)c1. The highest BCUT2D eigenvalue weighted by atomic mass is 32.1. The van der Waals surface area contributed by atoms with E-state index in [1.54, 1.807) is 11.3 Å². The molecule has 0 bridgehead atoms. The molecule has 2 N–H and O–H groups in total. The summed E-state index contributed by atoms with van der Waals surface area (Å²) in [6.07, 6.45) is 1.10. The van der Waals surface area contributed by atoms with Crippen LogP contribution in [-0.2, 0) is 6.54 Å². The van der Waals surface area contributed by atoms with E-state index in [0.29, 0.717) is 12.5 Å². The van der Waals surface area contributed by atoms with E-state index < -0.39 is 0 Å². The maximum absolute atomic E-state index is 9.09. The van der Waals surface area contributed by atoms with Gasteiger partial charge in [-0.25, -0.2) is 0 Å². The van der Waals surface area contributed by atoms with Crippen molar-refractivity contribution in [2.75, 3.05) is 26.3 Å². The van der Waals surface area contributed by atoms with Gasteiger partial charge in [-0.3, -0.25) is 4.90 Å². The summed E-state index contributed by atoms with van der Waals surface area (Å²) in [6.45, 7) is 3.22. The summed E-state index contributed by atoms with van der Waals surface area (Å²) in [4.78, 5) is 3.67. The van der Waals surface area contributed by atoms with E-state index in [1.165, 1.54) is 4.88 Å². The van der Waals surface area contributed by atoms with Crippen molar-refractivity contribution in [1.29, 1.82) is 0 Å². The van der Waals surface area contributed by atoms with Crippen LogP contribution < -0.4 is 0 Å². The Bertz CT molecular complexity index is 419. The quantitative estimate of drug-likeness (QED) is 0.785. The molecule has 0 aromatic carbocycles. The number of hydrogen-bond donors (Lipinski definition) is 2. The zero-order chi connectivity index (χ0) is 12.1. The van der Waals surface area contributed by atoms with Crippen molar-refractivity contribution in [2.24, 2.45) is 5.92 Å². The summed E-state index contributed by atoms with van der Waals surface area (Å²) in [6, 6.07) is 2.08. The topological polar surface area (TPSA) is 43.7 Å². The van der Waals surface area contributed by atoms with Gasteiger partial charge in [0, 0.05) is 35.5 Å². The molecule has 2 heterocycles. The standard InChI is InChI=1S/C13H17NO2S/c15-5-1-2-11-6-13(17-10-11)8-14-4-3-12(7-14)9-16/h6,10,12,15-16H,3-5,7-9H2. The van der Waals surface area contributed by atoms with Crippen LogP contribution in [-0.4, -0.2) is 41.4 Å². The van der Waals surface area contributed by atoms with Gasteiger partial charge in [-0.1, -0.05) is 11.8 Å². The highest BCUT2D eigenvalue weighted by molar-refractivity contribution is 7.10. The number of aliphatic hydroxyl groups is 2. The molecule has 0 aliphatic carbocycles. The van der Waals surface area contributed by atoms with E-state index in [9.17, 15) is 0 Å². The van der Waals surface area contributed by atoms with Crippen LogP contribution in [0.5, 0.6) is 0 Å². The van der Waals surface area contributed by atoms with Crippen molar-refractivity contribution in [3.63, 3.8) is 0 Å². The van der Waals surface area contributed by atoms with Crippen molar-refractivity contribution < 1.29 is 10.2 Å². The largest absolute Gasteiger partial charge is 0.396 e. The van der Waals surface area contributed by atoms with Crippen LogP contribution >= 0.6 is 11.3 Å². The minimum absolute atomic E-state index is 0.0878. The van der Waals surface area contributed by atoms with Gasteiger partial charge in [0.1, 0.15) is 6.61 Å². The number of nitrogens with zero attached hydrogens (tertiary/aromatic N) is 1. The highest BCUT2D eigenvalue weighted by Gasteiger charge is 2.21. The van der Waals surface area contributed by atoms with E-state index in [2.05, 4.69) is 22.8 Å². The molecule has 3 nitrogen and oxygen atoms in total. The molecule has 1 atom stereocenters. The number of aliphatic hydroxyl groups excluding tert-OH is 2. The number of hydrogen-bond acceptors (Lipinski definition) is 4. The van der Waals surface area contributed by atoms with E-state index in [1.807, 2.05) is 5.38 Å². The van der Waals surface area contributed by atoms with Crippen molar-refractivity contribution >= 4 is 11.3 Å². The van der Waals surface area contributed by atoms with Gasteiger partial charge in [-0.05, 0) is 24.9 Å². The second kappa shape index (κ2) is 6.18. The first-order chi connectivity index (χ1) is 8.31. The maximum Gasteiger partial charge on any atom is 0.104 e. The van der Waals surface area contributed by atoms with Gasteiger partial charge in [0.15, 0.2) is 0 Å². The fraction of sp³-hybridized carbons (Fsp3) is 0.538. The summed E-state index contributed by atoms with van der Waals surface area (Å²) >= 11 is 1.71. The first-order valence-electron chi connectivity index (χ1n) is 5.82. The second-order valence-electron chi connectivity index (χ2n) is 4.33. The Kier molecular flexibility index (Phi) is 4.57. The second-order valence-corrected chi connectivity index (χ2v) is 5.33. The van der Waals surface area contributed by atoms with Gasteiger partial charge in [-0.15, -0.1) is 11.3 Å². The van der Waals surface area contributed by atoms with Crippen LogP contribution in [0.25, 0.3) is 0 Å². The molecular weight excluding hydrogens is 234 g/mol. The summed E-state index contributed by atoms with van der Waals surface area (Å²) in [5.74, 6) is 6.01. The molecule has 0 spiro atoms. The monoisotopic (exact) mass is 251 g/mol. The van der Waals surface area contributed by atoms with E-state index in [0.717, 1.165) is 31.6 Å². The molecule has 1 fully saturated rings. The summed E-state index contributed by atoms with van der Waals surface area (Å²) in [7, 11) is 0. The van der Waals surface area contributed by atoms with E-state index in [-0.39, 0.29) is 6.61 Å². The Morgan fingerprint density at radius 3 is 3.06 bits per heavy atom. The van der Waals surface area contributed by atoms with Crippen LogP contribution in [0.1, 0.15) is 16.9 Å². The Morgan fingerprint density at radius 1 is 1.47 bits per heavy atom. The summed E-state index contributed by atoms with van der Waals surface area (Å²) in [5, 5.41) is 19.7. The Balaban J connectivity index is 1.89. The molecule has 2 rings (SSSR count). The minimum Gasteiger partial charge on any atom is -0.396 e. The average Bonchev–Trinajstić information content (AvgIpc) is 2.96. The van der Waals surface area contributed by atoms with E-state index in [4.69, 9.17) is 10.2 Å². The van der Waals surface area contributed by atoms with Gasteiger partial charge in [-0.2, -0.15) is 0 Å². The molecule has 0 radical (unpaired) electrons. The molecule has 1 aliphatic rings. The molecule has 0 amide bonds. The van der Waals surface area contributed by atoms with Crippen LogP contribution in [0.15, 0.2) is 11.4 Å². The Labute approximate surface area is 106 Å². The molecule has 1 aliphatic heterocycles. The van der Waals surface area contributed by atoms with Crippen LogP contribution in [0.3, 0.4) is 0 Å². The van der Waals surface area contributed by atoms with Crippen LogP contribution in [0.2, 0.25) is 0 Å². The normalized spacial score (nSPS) is 20.2. The van der Waals surface area contributed by atoms with Crippen molar-refractivity contribution in [2.45, 2.75) is 13.0 Å². The Morgan fingerprint density at radius 2 is 2.35 bits per heavy atom. The van der Waals surface area contributed by atoms with Gasteiger partial charge in [0.25, 0.3) is 0 Å². The number of likely N-dealkylation sites (tertiary alicyclic amines) is 1. The van der Waals surface area contributed by atoms with Crippen molar-refractivity contribution in [3.8, 4) is 11.8 Å². The molecule has 92 valence electrons. The predicted molar refractivity (Wildman–Crippen MR) is 68.8 cm³/mol. The van der Waals surface area contributed by atoms with Crippen LogP contribution in [0, 0.1) is 17.8 Å². The smallest absolute Gasteiger partial charge is 0.104 e. The molecule has 0 saturated carbocycles. The first kappa shape index (κ1) is 12.6. The fourth-order valence-electron chi connectivity index (χ4n) is 2.10. The van der Waals surface area contributed by atoms with Gasteiger partial charge >= 0.3 is 0 Å². The molecule has 1 aromatic rings. The third-order valence-corrected chi connectivity index (χ3v) is 3.89. The molecule has 1 unspecified atom stereocenters. The fourth-order valence-corrected chi connectivity index (χ4v) is 2.95. The third-order valence-electron chi connectivity index (χ3n) is 2.97. The molecule has 1 saturated heterocycles. The molecular formula is C13H17NO2S. The maximum atomic E-state index is 9.09. The first-order valence-corrected chi connectivity index (χ1v) is 6.70. The van der Waals surface area contributed by atoms with Crippen LogP contribution in [0.4, 0.5) is 0 Å². The van der Waals surface area contributed by atoms with Gasteiger partial charge in [0.05, 0.1) is 0 Å². The average molecular weight is 251 g/mol. The van der Waals surface area contributed by atoms with Crippen molar-refractivity contribution in [3.05, 3.63) is 21.9 Å². The summed E-state index contributed by atoms with van der Waals surface area (Å²) < 4.78 is 0. The number of rotatable bonds is 3.